The van der Waals surface area contributed by atoms with E-state index in [2.05, 4.69) is 22.4 Å². The number of aryl methyl sites for hydroxylation is 1. The molecule has 3 rings (SSSR count). The maximum Gasteiger partial charge on any atom is 0.261 e. The zero-order valence-corrected chi connectivity index (χ0v) is 14.9. The van der Waals surface area contributed by atoms with Crippen molar-refractivity contribution >= 4 is 34.2 Å². The first-order chi connectivity index (χ1) is 12.0. The Morgan fingerprint density at radius 3 is 2.68 bits per heavy atom. The van der Waals surface area contributed by atoms with Gasteiger partial charge in [0, 0.05) is 19.0 Å². The lowest BCUT2D eigenvalue weighted by molar-refractivity contribution is 0.0693. The van der Waals surface area contributed by atoms with Crippen molar-refractivity contribution in [2.24, 2.45) is 0 Å². The highest BCUT2D eigenvalue weighted by molar-refractivity contribution is 7.15. The number of imide groups is 1. The number of carbonyl (C=O) groups is 3. The highest BCUT2D eigenvalue weighted by Crippen LogP contribution is 2.24. The monoisotopic (exact) mass is 358 g/mol. The van der Waals surface area contributed by atoms with Gasteiger partial charge in [-0.25, -0.2) is 0 Å². The first-order valence-corrected chi connectivity index (χ1v) is 8.93. The topological polar surface area (TPSA) is 92.3 Å². The SMILES string of the molecule is CCCCCc1nnc(NC(=O)c2ccc3c(c2)C(=O)N(C)C3=O)s1. The van der Waals surface area contributed by atoms with Crippen LogP contribution in [0.1, 0.15) is 62.3 Å². The van der Waals surface area contributed by atoms with Gasteiger partial charge in [0.1, 0.15) is 5.01 Å². The molecule has 0 bridgehead atoms. The van der Waals surface area contributed by atoms with Crippen LogP contribution in [0.25, 0.3) is 0 Å². The Morgan fingerprint density at radius 1 is 1.16 bits per heavy atom. The van der Waals surface area contributed by atoms with Crippen LogP contribution in [-0.2, 0) is 6.42 Å². The lowest BCUT2D eigenvalue weighted by Crippen LogP contribution is -2.24. The van der Waals surface area contributed by atoms with E-state index in [1.54, 1.807) is 0 Å². The lowest BCUT2D eigenvalue weighted by Gasteiger charge is -2.03. The first-order valence-electron chi connectivity index (χ1n) is 8.11. The van der Waals surface area contributed by atoms with Gasteiger partial charge in [-0.1, -0.05) is 31.1 Å². The summed E-state index contributed by atoms with van der Waals surface area (Å²) < 4.78 is 0. The molecule has 1 aromatic carbocycles. The summed E-state index contributed by atoms with van der Waals surface area (Å²) in [6.07, 6.45) is 4.17. The van der Waals surface area contributed by atoms with Gasteiger partial charge in [0.2, 0.25) is 5.13 Å². The van der Waals surface area contributed by atoms with E-state index in [4.69, 9.17) is 0 Å². The summed E-state index contributed by atoms with van der Waals surface area (Å²) in [6.45, 7) is 2.14. The minimum absolute atomic E-state index is 0.248. The number of benzene rings is 1. The minimum Gasteiger partial charge on any atom is -0.296 e. The number of amides is 3. The number of nitrogens with zero attached hydrogens (tertiary/aromatic N) is 3. The molecule has 1 aliphatic heterocycles. The van der Waals surface area contributed by atoms with Gasteiger partial charge >= 0.3 is 0 Å². The molecule has 0 unspecified atom stereocenters. The quantitative estimate of drug-likeness (QED) is 0.633. The maximum atomic E-state index is 12.4. The van der Waals surface area contributed by atoms with Gasteiger partial charge in [-0.3, -0.25) is 24.6 Å². The van der Waals surface area contributed by atoms with Gasteiger partial charge in [-0.05, 0) is 24.6 Å². The number of aromatic nitrogens is 2. The van der Waals surface area contributed by atoms with E-state index in [1.165, 1.54) is 36.6 Å². The predicted molar refractivity (Wildman–Crippen MR) is 94.0 cm³/mol. The van der Waals surface area contributed by atoms with Crippen molar-refractivity contribution in [3.05, 3.63) is 39.9 Å². The summed E-state index contributed by atoms with van der Waals surface area (Å²) in [6, 6.07) is 4.48. The Morgan fingerprint density at radius 2 is 1.92 bits per heavy atom. The van der Waals surface area contributed by atoms with Gasteiger partial charge in [0.15, 0.2) is 0 Å². The summed E-state index contributed by atoms with van der Waals surface area (Å²) in [7, 11) is 1.42. The van der Waals surface area contributed by atoms with E-state index in [9.17, 15) is 14.4 Å². The van der Waals surface area contributed by atoms with Crippen molar-refractivity contribution in [2.45, 2.75) is 32.6 Å². The van der Waals surface area contributed by atoms with Gasteiger partial charge in [0.05, 0.1) is 11.1 Å². The third kappa shape index (κ3) is 3.43. The van der Waals surface area contributed by atoms with Crippen LogP contribution < -0.4 is 5.32 Å². The first kappa shape index (κ1) is 17.2. The van der Waals surface area contributed by atoms with Crippen molar-refractivity contribution in [3.8, 4) is 0 Å². The van der Waals surface area contributed by atoms with Crippen LogP contribution >= 0.6 is 11.3 Å². The molecule has 1 N–H and O–H groups in total. The average molecular weight is 358 g/mol. The fourth-order valence-electron chi connectivity index (χ4n) is 2.60. The van der Waals surface area contributed by atoms with Crippen LogP contribution in [0.15, 0.2) is 18.2 Å². The van der Waals surface area contributed by atoms with Crippen molar-refractivity contribution in [1.82, 2.24) is 15.1 Å². The minimum atomic E-state index is -0.399. The predicted octanol–water partition coefficient (Wildman–Crippen LogP) is 2.75. The summed E-state index contributed by atoms with van der Waals surface area (Å²) in [4.78, 5) is 37.3. The normalized spacial score (nSPS) is 13.3. The molecule has 2 heterocycles. The van der Waals surface area contributed by atoms with Crippen molar-refractivity contribution in [2.75, 3.05) is 12.4 Å². The van der Waals surface area contributed by atoms with Crippen LogP contribution in [0.3, 0.4) is 0 Å². The molecule has 25 heavy (non-hydrogen) atoms. The van der Waals surface area contributed by atoms with Crippen LogP contribution in [0.2, 0.25) is 0 Å². The maximum absolute atomic E-state index is 12.4. The standard InChI is InChI=1S/C17H18N4O3S/c1-3-4-5-6-13-19-20-17(25-13)18-14(22)10-7-8-11-12(9-10)16(24)21(2)15(11)23/h7-9H,3-6H2,1-2H3,(H,18,20,22). The van der Waals surface area contributed by atoms with Gasteiger partial charge < -0.3 is 0 Å². The van der Waals surface area contributed by atoms with Crippen LogP contribution in [-0.4, -0.2) is 39.9 Å². The van der Waals surface area contributed by atoms with Crippen molar-refractivity contribution < 1.29 is 14.4 Å². The second-order valence-electron chi connectivity index (χ2n) is 5.84. The van der Waals surface area contributed by atoms with Gasteiger partial charge in [-0.2, -0.15) is 0 Å². The van der Waals surface area contributed by atoms with Crippen molar-refractivity contribution in [3.63, 3.8) is 0 Å². The molecule has 0 atom stereocenters. The zero-order valence-electron chi connectivity index (χ0n) is 14.0. The Hall–Kier alpha value is -2.61. The molecule has 0 saturated heterocycles. The fraction of sp³-hybridized carbons (Fsp3) is 0.353. The smallest absolute Gasteiger partial charge is 0.261 e. The largest absolute Gasteiger partial charge is 0.296 e. The third-order valence-corrected chi connectivity index (χ3v) is 4.93. The van der Waals surface area contributed by atoms with E-state index >= 15 is 0 Å². The molecule has 8 heteroatoms. The Labute approximate surface area is 149 Å². The number of rotatable bonds is 6. The second kappa shape index (κ2) is 7.10. The highest BCUT2D eigenvalue weighted by Gasteiger charge is 2.33. The Balaban J connectivity index is 1.71. The molecule has 3 amide bonds. The van der Waals surface area contributed by atoms with Crippen molar-refractivity contribution in [1.29, 1.82) is 0 Å². The molecule has 0 radical (unpaired) electrons. The summed E-state index contributed by atoms with van der Waals surface area (Å²) >= 11 is 1.35. The van der Waals surface area contributed by atoms with E-state index in [0.717, 1.165) is 35.6 Å². The summed E-state index contributed by atoms with van der Waals surface area (Å²) in [5.74, 6) is -1.13. The lowest BCUT2D eigenvalue weighted by atomic mass is 10.1. The van der Waals surface area contributed by atoms with E-state index in [0.29, 0.717) is 16.3 Å². The molecule has 0 spiro atoms. The van der Waals surface area contributed by atoms with Gasteiger partial charge in [-0.15, -0.1) is 10.2 Å². The van der Waals surface area contributed by atoms with Gasteiger partial charge in [0.25, 0.3) is 17.7 Å². The van der Waals surface area contributed by atoms with Crippen LogP contribution in [0, 0.1) is 0 Å². The van der Waals surface area contributed by atoms with E-state index in [-0.39, 0.29) is 17.4 Å². The molecular formula is C17H18N4O3S. The number of fused-ring (bicyclic) bond motifs is 1. The molecule has 7 nitrogen and oxygen atoms in total. The number of hydrogen-bond donors (Lipinski definition) is 1. The number of anilines is 1. The molecular weight excluding hydrogens is 340 g/mol. The van der Waals surface area contributed by atoms with Crippen LogP contribution in [0.4, 0.5) is 5.13 Å². The fourth-order valence-corrected chi connectivity index (χ4v) is 3.38. The molecule has 0 saturated carbocycles. The molecule has 1 aromatic heterocycles. The van der Waals surface area contributed by atoms with E-state index in [1.807, 2.05) is 0 Å². The molecule has 0 fully saturated rings. The van der Waals surface area contributed by atoms with Crippen LogP contribution in [0.5, 0.6) is 0 Å². The Kier molecular flexibility index (Phi) is 4.89. The Bertz CT molecular complexity index is 846. The zero-order chi connectivity index (χ0) is 18.0. The second-order valence-corrected chi connectivity index (χ2v) is 6.90. The summed E-state index contributed by atoms with van der Waals surface area (Å²) in [5, 5.41) is 12.1. The third-order valence-electron chi connectivity index (χ3n) is 4.03. The number of hydrogen-bond acceptors (Lipinski definition) is 6. The molecule has 1 aliphatic rings. The highest BCUT2D eigenvalue weighted by atomic mass is 32.1. The summed E-state index contributed by atoms with van der Waals surface area (Å²) in [5.41, 5.74) is 0.869. The number of carbonyl (C=O) groups excluding carboxylic acids is 3. The number of nitrogens with one attached hydrogen (secondary N) is 1. The molecule has 2 aromatic rings. The number of unbranched alkanes of at least 4 members (excludes halogenated alkanes) is 2. The molecule has 130 valence electrons. The molecule has 0 aliphatic carbocycles. The van der Waals surface area contributed by atoms with E-state index < -0.39 is 5.91 Å². The average Bonchev–Trinajstić information content (AvgIpc) is 3.14.